The van der Waals surface area contributed by atoms with Gasteiger partial charge in [-0.1, -0.05) is 30.3 Å². The van der Waals surface area contributed by atoms with Crippen molar-refractivity contribution < 1.29 is 17.3 Å². The highest BCUT2D eigenvalue weighted by Gasteiger charge is 2.31. The lowest BCUT2D eigenvalue weighted by atomic mass is 10.1. The summed E-state index contributed by atoms with van der Waals surface area (Å²) in [5.41, 5.74) is 2.52. The first-order valence-electron chi connectivity index (χ1n) is 9.53. The molecule has 4 aromatic rings. The molecule has 30 heavy (non-hydrogen) atoms. The molecule has 0 saturated heterocycles. The minimum atomic E-state index is -3.76. The summed E-state index contributed by atoms with van der Waals surface area (Å²) in [7, 11) is -2.22. The van der Waals surface area contributed by atoms with Gasteiger partial charge in [-0.15, -0.1) is 0 Å². The fourth-order valence-electron chi connectivity index (χ4n) is 3.70. The molecule has 8 nitrogen and oxygen atoms in total. The van der Waals surface area contributed by atoms with Gasteiger partial charge in [0, 0.05) is 26.4 Å². The van der Waals surface area contributed by atoms with Gasteiger partial charge < -0.3 is 8.83 Å². The maximum atomic E-state index is 13.2. The molecule has 0 atom stereocenters. The molecule has 0 radical (unpaired) electrons. The van der Waals surface area contributed by atoms with Crippen molar-refractivity contribution in [2.45, 2.75) is 24.3 Å². The molecule has 1 aliphatic heterocycles. The van der Waals surface area contributed by atoms with E-state index in [2.05, 4.69) is 4.98 Å². The smallest absolute Gasteiger partial charge is 0.419 e. The largest absolute Gasteiger partial charge is 0.445 e. The van der Waals surface area contributed by atoms with Crippen molar-refractivity contribution in [1.29, 1.82) is 0 Å². The van der Waals surface area contributed by atoms with Crippen LogP contribution < -0.4 is 5.76 Å². The third kappa shape index (κ3) is 3.16. The number of aryl methyl sites for hydroxylation is 1. The molecule has 0 amide bonds. The van der Waals surface area contributed by atoms with Gasteiger partial charge in [-0.05, 0) is 23.8 Å². The third-order valence-corrected chi connectivity index (χ3v) is 7.18. The molecule has 0 fully saturated rings. The van der Waals surface area contributed by atoms with E-state index in [4.69, 9.17) is 8.83 Å². The predicted molar refractivity (Wildman–Crippen MR) is 109 cm³/mol. The number of aromatic nitrogens is 2. The number of hydrogen-bond donors (Lipinski definition) is 0. The summed E-state index contributed by atoms with van der Waals surface area (Å²) in [6, 6.07) is 14.3. The summed E-state index contributed by atoms with van der Waals surface area (Å²) in [5, 5.41) is 0. The van der Waals surface area contributed by atoms with Crippen molar-refractivity contribution >= 4 is 21.1 Å². The summed E-state index contributed by atoms with van der Waals surface area (Å²) in [6.07, 6.45) is 1.02. The van der Waals surface area contributed by atoms with Crippen LogP contribution in [0.1, 0.15) is 22.9 Å². The Morgan fingerprint density at radius 1 is 1.10 bits per heavy atom. The summed E-state index contributed by atoms with van der Waals surface area (Å²) in [5.74, 6) is 0.788. The van der Waals surface area contributed by atoms with Crippen LogP contribution in [0, 0.1) is 0 Å². The van der Waals surface area contributed by atoms with E-state index in [1.165, 1.54) is 27.1 Å². The molecule has 0 N–H and O–H groups in total. The van der Waals surface area contributed by atoms with Crippen LogP contribution in [-0.2, 0) is 36.5 Å². The number of rotatable bonds is 4. The van der Waals surface area contributed by atoms with Crippen LogP contribution in [0.25, 0.3) is 11.1 Å². The van der Waals surface area contributed by atoms with E-state index in [9.17, 15) is 13.2 Å². The number of fused-ring (bicyclic) bond motifs is 2. The minimum absolute atomic E-state index is 0.114. The molecule has 5 rings (SSSR count). The molecule has 1 aliphatic rings. The van der Waals surface area contributed by atoms with Crippen molar-refractivity contribution in [3.8, 4) is 0 Å². The second kappa shape index (κ2) is 6.96. The molecule has 0 unspecified atom stereocenters. The Balaban J connectivity index is 1.42. The molecule has 0 bridgehead atoms. The molecular weight excluding hydrogens is 406 g/mol. The average Bonchev–Trinajstić information content (AvgIpc) is 3.27. The van der Waals surface area contributed by atoms with E-state index in [0.29, 0.717) is 42.1 Å². The molecule has 0 spiro atoms. The molecule has 9 heteroatoms. The van der Waals surface area contributed by atoms with Crippen LogP contribution in [0.15, 0.2) is 67.1 Å². The Morgan fingerprint density at radius 3 is 2.70 bits per heavy atom. The molecule has 2 aromatic carbocycles. The van der Waals surface area contributed by atoms with Gasteiger partial charge in [0.2, 0.25) is 10.0 Å². The molecule has 0 aliphatic carbocycles. The van der Waals surface area contributed by atoms with E-state index < -0.39 is 15.8 Å². The Labute approximate surface area is 172 Å². The van der Waals surface area contributed by atoms with Gasteiger partial charge in [0.15, 0.2) is 11.5 Å². The Hall–Kier alpha value is -3.17. The van der Waals surface area contributed by atoms with E-state index in [1.807, 2.05) is 30.3 Å². The SMILES string of the molecule is Cn1c(=O)oc2ccc(S(=O)(=O)N3CCc4oc(Cc5ccccc5)nc4C3)cc21. The fourth-order valence-corrected chi connectivity index (χ4v) is 5.12. The van der Waals surface area contributed by atoms with Gasteiger partial charge in [0.1, 0.15) is 5.76 Å². The highest BCUT2D eigenvalue weighted by atomic mass is 32.2. The first-order chi connectivity index (χ1) is 14.4. The average molecular weight is 425 g/mol. The Morgan fingerprint density at radius 2 is 1.90 bits per heavy atom. The van der Waals surface area contributed by atoms with E-state index >= 15 is 0 Å². The van der Waals surface area contributed by atoms with Gasteiger partial charge in [-0.3, -0.25) is 4.57 Å². The van der Waals surface area contributed by atoms with Crippen LogP contribution in [-0.4, -0.2) is 28.8 Å². The van der Waals surface area contributed by atoms with Crippen molar-refractivity contribution in [3.05, 3.63) is 82.0 Å². The maximum Gasteiger partial charge on any atom is 0.419 e. The highest BCUT2D eigenvalue weighted by Crippen LogP contribution is 2.27. The first kappa shape index (κ1) is 18.8. The van der Waals surface area contributed by atoms with Gasteiger partial charge in [0.05, 0.1) is 22.7 Å². The van der Waals surface area contributed by atoms with Crippen LogP contribution in [0.3, 0.4) is 0 Å². The molecule has 0 saturated carbocycles. The van der Waals surface area contributed by atoms with Gasteiger partial charge in [-0.25, -0.2) is 18.2 Å². The first-order valence-corrected chi connectivity index (χ1v) is 11.0. The lowest BCUT2D eigenvalue weighted by Crippen LogP contribution is -2.35. The van der Waals surface area contributed by atoms with Crippen molar-refractivity contribution in [2.24, 2.45) is 7.05 Å². The van der Waals surface area contributed by atoms with Crippen LogP contribution in [0.5, 0.6) is 0 Å². The minimum Gasteiger partial charge on any atom is -0.445 e. The number of sulfonamides is 1. The van der Waals surface area contributed by atoms with E-state index in [0.717, 1.165) is 11.3 Å². The Bertz CT molecular complexity index is 1400. The van der Waals surface area contributed by atoms with E-state index in [-0.39, 0.29) is 11.4 Å². The number of hydrogen-bond acceptors (Lipinski definition) is 6. The van der Waals surface area contributed by atoms with Crippen molar-refractivity contribution in [3.63, 3.8) is 0 Å². The van der Waals surface area contributed by atoms with Gasteiger partial charge in [-0.2, -0.15) is 4.31 Å². The normalized spacial score (nSPS) is 14.8. The standard InChI is InChI=1S/C21H19N3O5S/c1-23-17-12-15(7-8-19(17)29-21(23)25)30(26,27)24-10-9-18-16(13-24)22-20(28-18)11-14-5-3-2-4-6-14/h2-8,12H,9-11,13H2,1H3. The maximum absolute atomic E-state index is 13.2. The van der Waals surface area contributed by atoms with Gasteiger partial charge >= 0.3 is 5.76 Å². The molecule has 154 valence electrons. The second-order valence-corrected chi connectivity index (χ2v) is 9.22. The predicted octanol–water partition coefficient (Wildman–Crippen LogP) is 2.46. The fraction of sp³-hybridized carbons (Fsp3) is 0.238. The monoisotopic (exact) mass is 425 g/mol. The Kier molecular flexibility index (Phi) is 4.37. The summed E-state index contributed by atoms with van der Waals surface area (Å²) in [6.45, 7) is 0.454. The van der Waals surface area contributed by atoms with E-state index in [1.54, 1.807) is 7.05 Å². The lowest BCUT2D eigenvalue weighted by Gasteiger charge is -2.24. The van der Waals surface area contributed by atoms with Crippen LogP contribution >= 0.6 is 0 Å². The third-order valence-electron chi connectivity index (χ3n) is 5.34. The topological polar surface area (TPSA) is 98.5 Å². The quantitative estimate of drug-likeness (QED) is 0.498. The lowest BCUT2D eigenvalue weighted by molar-refractivity contribution is 0.357. The summed E-state index contributed by atoms with van der Waals surface area (Å²) in [4.78, 5) is 16.3. The molecule has 3 heterocycles. The highest BCUT2D eigenvalue weighted by molar-refractivity contribution is 7.89. The number of benzene rings is 2. The zero-order valence-corrected chi connectivity index (χ0v) is 17.1. The van der Waals surface area contributed by atoms with Crippen LogP contribution in [0.2, 0.25) is 0 Å². The second-order valence-electron chi connectivity index (χ2n) is 7.28. The van der Waals surface area contributed by atoms with Gasteiger partial charge in [0.25, 0.3) is 0 Å². The van der Waals surface area contributed by atoms with Crippen molar-refractivity contribution in [1.82, 2.24) is 13.9 Å². The zero-order valence-electron chi connectivity index (χ0n) is 16.2. The zero-order chi connectivity index (χ0) is 20.9. The summed E-state index contributed by atoms with van der Waals surface area (Å²) >= 11 is 0. The molecular formula is C21H19N3O5S. The van der Waals surface area contributed by atoms with Crippen molar-refractivity contribution in [2.75, 3.05) is 6.54 Å². The summed E-state index contributed by atoms with van der Waals surface area (Å²) < 4.78 is 40.0. The number of nitrogens with zero attached hydrogens (tertiary/aromatic N) is 3. The molecule has 2 aromatic heterocycles. The van der Waals surface area contributed by atoms with Crippen LogP contribution in [0.4, 0.5) is 0 Å². The number of oxazole rings is 2.